The van der Waals surface area contributed by atoms with E-state index in [1.54, 1.807) is 0 Å². The fraction of sp³-hybridized carbons (Fsp3) is 0.918. The maximum atomic E-state index is 12.8. The maximum Gasteiger partial charge on any atom is 0.472 e. The molecule has 0 aromatic carbocycles. The van der Waals surface area contributed by atoms with Crippen molar-refractivity contribution in [1.29, 1.82) is 0 Å². The zero-order valence-electron chi connectivity index (χ0n) is 42.7. The Bertz CT molecular complexity index is 1370. The second kappa shape index (κ2) is 43.8. The highest BCUT2D eigenvalue weighted by Gasteiger charge is 2.30. The number of carbonyl (C=O) groups is 4. The van der Waals surface area contributed by atoms with Crippen molar-refractivity contribution in [2.45, 2.75) is 246 Å². The molecule has 5 atom stereocenters. The van der Waals surface area contributed by atoms with E-state index in [0.29, 0.717) is 31.6 Å². The minimum Gasteiger partial charge on any atom is -0.462 e. The molecule has 3 N–H and O–H groups in total. The third kappa shape index (κ3) is 44.0. The summed E-state index contributed by atoms with van der Waals surface area (Å²) < 4.78 is 66.8. The van der Waals surface area contributed by atoms with Crippen molar-refractivity contribution in [1.82, 2.24) is 0 Å². The number of unbranched alkanes of at least 4 members (excludes halogenated alkanes) is 21. The first-order valence-corrected chi connectivity index (χ1v) is 29.1. The molecular weight excluding hydrogens is 922 g/mol. The Labute approximate surface area is 409 Å². The zero-order chi connectivity index (χ0) is 50.7. The maximum absolute atomic E-state index is 12.8. The van der Waals surface area contributed by atoms with E-state index in [4.69, 9.17) is 37.0 Å². The van der Waals surface area contributed by atoms with Crippen molar-refractivity contribution >= 4 is 39.5 Å². The lowest BCUT2D eigenvalue weighted by atomic mass is 10.0. The summed E-state index contributed by atoms with van der Waals surface area (Å²) in [7, 11) is -9.83. The van der Waals surface area contributed by atoms with Crippen LogP contribution in [0.1, 0.15) is 227 Å². The number of phosphoric acid groups is 2. The van der Waals surface area contributed by atoms with Crippen molar-refractivity contribution in [3.05, 3.63) is 0 Å². The molecule has 0 saturated carbocycles. The van der Waals surface area contributed by atoms with Crippen molar-refractivity contribution in [2.24, 2.45) is 5.92 Å². The fourth-order valence-corrected chi connectivity index (χ4v) is 8.51. The van der Waals surface area contributed by atoms with Crippen molar-refractivity contribution in [3.63, 3.8) is 0 Å². The van der Waals surface area contributed by atoms with E-state index in [-0.39, 0.29) is 25.7 Å². The topological polar surface area (TPSA) is 237 Å². The van der Waals surface area contributed by atoms with Gasteiger partial charge in [-0.05, 0) is 31.6 Å². The number of phosphoric ester groups is 2. The Morgan fingerprint density at radius 2 is 0.676 bits per heavy atom. The van der Waals surface area contributed by atoms with E-state index < -0.39 is 97.5 Å². The third-order valence-corrected chi connectivity index (χ3v) is 12.9. The van der Waals surface area contributed by atoms with Gasteiger partial charge in [0.2, 0.25) is 0 Å². The van der Waals surface area contributed by atoms with Crippen LogP contribution in [-0.4, -0.2) is 96.7 Å². The number of rotatable bonds is 49. The first-order chi connectivity index (χ1) is 32.5. The number of aliphatic hydroxyl groups is 1. The number of hydrogen-bond donors (Lipinski definition) is 3. The van der Waals surface area contributed by atoms with E-state index >= 15 is 0 Å². The van der Waals surface area contributed by atoms with Crippen LogP contribution in [0.25, 0.3) is 0 Å². The molecule has 0 bridgehead atoms. The molecule has 0 radical (unpaired) electrons. The molecule has 0 aliphatic rings. The fourth-order valence-electron chi connectivity index (χ4n) is 6.93. The van der Waals surface area contributed by atoms with Crippen molar-refractivity contribution in [3.8, 4) is 0 Å². The van der Waals surface area contributed by atoms with Gasteiger partial charge in [-0.1, -0.05) is 176 Å². The molecule has 0 heterocycles. The highest BCUT2D eigenvalue weighted by molar-refractivity contribution is 7.47. The molecule has 2 unspecified atom stereocenters. The van der Waals surface area contributed by atoms with Crippen LogP contribution in [0.4, 0.5) is 0 Å². The summed E-state index contributed by atoms with van der Waals surface area (Å²) in [5, 5.41) is 10.4. The van der Waals surface area contributed by atoms with Gasteiger partial charge in [-0.15, -0.1) is 0 Å². The summed E-state index contributed by atoms with van der Waals surface area (Å²) in [6.07, 6.45) is 22.1. The average molecular weight is 1020 g/mol. The standard InChI is InChI=1S/C49H94O17P2/c1-6-9-12-15-16-17-18-24-28-33-47(52)60-39-45(66-49(54)35-30-25-20-19-23-26-31-42(4)5)41-64-68(57,58)62-37-43(50)36-61-67(55,56)63-40-44(65-48(53)34-29-22-14-11-8-3)38-59-46(51)32-27-21-13-10-7-2/h42-45,50H,6-41H2,1-5H3,(H,55,56)(H,57,58)/t43-,44+,45+/m0/s1. The molecule has 19 heteroatoms. The molecule has 68 heavy (non-hydrogen) atoms. The number of ether oxygens (including phenoxy) is 4. The number of aliphatic hydroxyl groups excluding tert-OH is 1. The van der Waals surface area contributed by atoms with Crippen LogP contribution in [-0.2, 0) is 65.4 Å². The third-order valence-electron chi connectivity index (χ3n) is 11.0. The van der Waals surface area contributed by atoms with Crippen LogP contribution in [0.3, 0.4) is 0 Å². The summed E-state index contributed by atoms with van der Waals surface area (Å²) in [6, 6.07) is 0. The first-order valence-electron chi connectivity index (χ1n) is 26.1. The summed E-state index contributed by atoms with van der Waals surface area (Å²) in [5.41, 5.74) is 0. The van der Waals surface area contributed by atoms with E-state index in [9.17, 15) is 43.2 Å². The lowest BCUT2D eigenvalue weighted by Crippen LogP contribution is -2.30. The average Bonchev–Trinajstić information content (AvgIpc) is 3.29. The lowest BCUT2D eigenvalue weighted by Gasteiger charge is -2.21. The molecule has 0 aromatic heterocycles. The van der Waals surface area contributed by atoms with E-state index in [1.807, 2.05) is 0 Å². The van der Waals surface area contributed by atoms with Crippen LogP contribution in [0, 0.1) is 5.92 Å². The van der Waals surface area contributed by atoms with Gasteiger partial charge in [0.1, 0.15) is 19.3 Å². The zero-order valence-corrected chi connectivity index (χ0v) is 44.5. The Morgan fingerprint density at radius 1 is 0.397 bits per heavy atom. The largest absolute Gasteiger partial charge is 0.472 e. The van der Waals surface area contributed by atoms with Gasteiger partial charge < -0.3 is 33.8 Å². The predicted molar refractivity (Wildman–Crippen MR) is 262 cm³/mol. The Kier molecular flexibility index (Phi) is 42.6. The molecule has 0 aromatic rings. The molecule has 0 fully saturated rings. The highest BCUT2D eigenvalue weighted by Crippen LogP contribution is 2.45. The molecule has 0 rings (SSSR count). The molecule has 0 spiro atoms. The normalized spacial score (nSPS) is 14.7. The Hall–Kier alpha value is -1.94. The van der Waals surface area contributed by atoms with Gasteiger partial charge in [0, 0.05) is 25.7 Å². The molecule has 17 nitrogen and oxygen atoms in total. The second-order valence-corrected chi connectivity index (χ2v) is 21.2. The summed E-state index contributed by atoms with van der Waals surface area (Å²) in [4.78, 5) is 70.9. The van der Waals surface area contributed by atoms with Gasteiger partial charge in [0.25, 0.3) is 0 Å². The van der Waals surface area contributed by atoms with Gasteiger partial charge in [0.15, 0.2) is 12.2 Å². The van der Waals surface area contributed by atoms with Gasteiger partial charge in [-0.3, -0.25) is 37.3 Å². The Balaban J connectivity index is 5.15. The van der Waals surface area contributed by atoms with Crippen LogP contribution in [0.15, 0.2) is 0 Å². The molecule has 0 aliphatic carbocycles. The van der Waals surface area contributed by atoms with Crippen molar-refractivity contribution in [2.75, 3.05) is 39.6 Å². The van der Waals surface area contributed by atoms with Gasteiger partial charge >= 0.3 is 39.5 Å². The molecule has 0 amide bonds. The van der Waals surface area contributed by atoms with Gasteiger partial charge in [-0.25, -0.2) is 9.13 Å². The SMILES string of the molecule is CCCCCCCCCCCC(=O)OC[C@H](COP(=O)(O)OC[C@@H](O)COP(=O)(O)OC[C@@H](COC(=O)CCCCCCC)OC(=O)CCCCCCC)OC(=O)CCCCCCCCC(C)C. The number of hydrogen-bond acceptors (Lipinski definition) is 15. The number of esters is 4. The summed E-state index contributed by atoms with van der Waals surface area (Å²) in [5.74, 6) is -1.51. The lowest BCUT2D eigenvalue weighted by molar-refractivity contribution is -0.161. The molecule has 402 valence electrons. The van der Waals surface area contributed by atoms with Gasteiger partial charge in [-0.2, -0.15) is 0 Å². The molecule has 0 aliphatic heterocycles. The minimum atomic E-state index is -4.92. The van der Waals surface area contributed by atoms with E-state index in [0.717, 1.165) is 96.3 Å². The van der Waals surface area contributed by atoms with Crippen LogP contribution in [0.5, 0.6) is 0 Å². The number of carbonyl (C=O) groups excluding carboxylic acids is 4. The predicted octanol–water partition coefficient (Wildman–Crippen LogP) is 11.9. The summed E-state index contributed by atoms with van der Waals surface area (Å²) >= 11 is 0. The molecule has 0 saturated heterocycles. The minimum absolute atomic E-state index is 0.0984. The Morgan fingerprint density at radius 3 is 1.00 bits per heavy atom. The van der Waals surface area contributed by atoms with Crippen LogP contribution < -0.4 is 0 Å². The van der Waals surface area contributed by atoms with E-state index in [1.165, 1.54) is 44.9 Å². The first kappa shape index (κ1) is 66.1. The highest BCUT2D eigenvalue weighted by atomic mass is 31.2. The van der Waals surface area contributed by atoms with E-state index in [2.05, 4.69) is 34.6 Å². The summed E-state index contributed by atoms with van der Waals surface area (Å²) in [6.45, 7) is 6.78. The van der Waals surface area contributed by atoms with Crippen molar-refractivity contribution < 1.29 is 80.2 Å². The smallest absolute Gasteiger partial charge is 0.462 e. The van der Waals surface area contributed by atoms with Crippen LogP contribution >= 0.6 is 15.6 Å². The monoisotopic (exact) mass is 1020 g/mol. The quantitative estimate of drug-likeness (QED) is 0.0222. The van der Waals surface area contributed by atoms with Crippen LogP contribution in [0.2, 0.25) is 0 Å². The molecular formula is C49H94O17P2. The van der Waals surface area contributed by atoms with Gasteiger partial charge in [0.05, 0.1) is 26.4 Å². The second-order valence-electron chi connectivity index (χ2n) is 18.3.